The van der Waals surface area contributed by atoms with Gasteiger partial charge in [0.15, 0.2) is 0 Å². The van der Waals surface area contributed by atoms with E-state index in [2.05, 4.69) is 26.8 Å². The number of halogens is 1. The summed E-state index contributed by atoms with van der Waals surface area (Å²) < 4.78 is 6.81. The minimum atomic E-state index is -0.0312. The molecule has 0 fully saturated rings. The number of carbonyl (C=O) groups is 1. The van der Waals surface area contributed by atoms with Crippen LogP contribution in [0.15, 0.2) is 53.0 Å². The Hall–Kier alpha value is -1.85. The quantitative estimate of drug-likeness (QED) is 0.722. The first-order chi connectivity index (χ1) is 11.0. The molecule has 0 saturated carbocycles. The van der Waals surface area contributed by atoms with Crippen LogP contribution in [0.4, 0.5) is 0 Å². The van der Waals surface area contributed by atoms with E-state index in [0.29, 0.717) is 13.2 Å². The maximum atomic E-state index is 11.4. The zero-order valence-corrected chi connectivity index (χ0v) is 14.9. The lowest BCUT2D eigenvalue weighted by Crippen LogP contribution is -2.39. The molecular weight excluding hydrogens is 356 g/mol. The third-order valence-electron chi connectivity index (χ3n) is 3.25. The minimum absolute atomic E-state index is 0.0148. The van der Waals surface area contributed by atoms with Crippen molar-refractivity contribution in [2.24, 2.45) is 5.92 Å². The molecule has 0 bridgehead atoms. The standard InChI is InChI=1S/C18H21BrN2O2/c1-13(2)18(22)21-20-11-14-6-8-17(9-7-14)23-12-15-4-3-5-16(19)10-15/h3-10,13,20H,11-12H2,1-2H3,(H,21,22). The van der Waals surface area contributed by atoms with Gasteiger partial charge < -0.3 is 4.74 Å². The number of amides is 1. The Kier molecular flexibility index (Phi) is 6.62. The summed E-state index contributed by atoms with van der Waals surface area (Å²) in [6.45, 7) is 4.81. The second kappa shape index (κ2) is 8.70. The van der Waals surface area contributed by atoms with E-state index in [1.807, 2.05) is 62.4 Å². The molecule has 0 aliphatic carbocycles. The molecule has 2 aromatic rings. The maximum absolute atomic E-state index is 11.4. The van der Waals surface area contributed by atoms with Gasteiger partial charge in [0, 0.05) is 16.9 Å². The van der Waals surface area contributed by atoms with Crippen LogP contribution in [-0.4, -0.2) is 5.91 Å². The van der Waals surface area contributed by atoms with Gasteiger partial charge in [0.2, 0.25) is 5.91 Å². The Morgan fingerprint density at radius 1 is 1.13 bits per heavy atom. The molecule has 2 N–H and O–H groups in total. The highest BCUT2D eigenvalue weighted by atomic mass is 79.9. The Bertz CT molecular complexity index is 642. The van der Waals surface area contributed by atoms with E-state index in [0.717, 1.165) is 21.3 Å². The number of benzene rings is 2. The van der Waals surface area contributed by atoms with Gasteiger partial charge in [0.1, 0.15) is 12.4 Å². The van der Waals surface area contributed by atoms with Gasteiger partial charge in [-0.1, -0.05) is 54.0 Å². The Morgan fingerprint density at radius 3 is 2.52 bits per heavy atom. The van der Waals surface area contributed by atoms with Crippen LogP contribution in [0.25, 0.3) is 0 Å². The fraction of sp³-hybridized carbons (Fsp3) is 0.278. The zero-order valence-electron chi connectivity index (χ0n) is 13.3. The van der Waals surface area contributed by atoms with Crippen LogP contribution in [0.5, 0.6) is 5.75 Å². The summed E-state index contributed by atoms with van der Waals surface area (Å²) >= 11 is 3.45. The minimum Gasteiger partial charge on any atom is -0.489 e. The largest absolute Gasteiger partial charge is 0.489 e. The number of hydrogen-bond donors (Lipinski definition) is 2. The number of hydrogen-bond acceptors (Lipinski definition) is 3. The first-order valence-electron chi connectivity index (χ1n) is 7.53. The van der Waals surface area contributed by atoms with E-state index in [9.17, 15) is 4.79 Å². The van der Waals surface area contributed by atoms with Crippen LogP contribution in [0.1, 0.15) is 25.0 Å². The van der Waals surface area contributed by atoms with Crippen LogP contribution in [0.2, 0.25) is 0 Å². The molecule has 0 heterocycles. The zero-order chi connectivity index (χ0) is 16.7. The van der Waals surface area contributed by atoms with Crippen molar-refractivity contribution < 1.29 is 9.53 Å². The second-order valence-corrected chi connectivity index (χ2v) is 6.48. The fourth-order valence-corrected chi connectivity index (χ4v) is 2.32. The molecule has 0 radical (unpaired) electrons. The van der Waals surface area contributed by atoms with Crippen molar-refractivity contribution in [1.82, 2.24) is 10.9 Å². The average molecular weight is 377 g/mol. The summed E-state index contributed by atoms with van der Waals surface area (Å²) in [5.74, 6) is 0.773. The van der Waals surface area contributed by atoms with Gasteiger partial charge in [-0.25, -0.2) is 5.43 Å². The fourth-order valence-electron chi connectivity index (χ4n) is 1.87. The number of carbonyl (C=O) groups excluding carboxylic acids is 1. The molecule has 0 saturated heterocycles. The van der Waals surface area contributed by atoms with Gasteiger partial charge in [-0.05, 0) is 35.4 Å². The summed E-state index contributed by atoms with van der Waals surface area (Å²) in [7, 11) is 0. The number of rotatable bonds is 7. The highest BCUT2D eigenvalue weighted by molar-refractivity contribution is 9.10. The Labute approximate surface area is 145 Å². The molecular formula is C18H21BrN2O2. The molecule has 0 spiro atoms. The molecule has 0 unspecified atom stereocenters. The van der Waals surface area contributed by atoms with Crippen LogP contribution < -0.4 is 15.6 Å². The van der Waals surface area contributed by atoms with Crippen molar-refractivity contribution in [1.29, 1.82) is 0 Å². The summed E-state index contributed by atoms with van der Waals surface area (Å²) in [5, 5.41) is 0. The van der Waals surface area contributed by atoms with Crippen molar-refractivity contribution in [3.05, 3.63) is 64.1 Å². The number of hydrazine groups is 1. The molecule has 122 valence electrons. The smallest absolute Gasteiger partial charge is 0.236 e. The molecule has 23 heavy (non-hydrogen) atoms. The van der Waals surface area contributed by atoms with Crippen molar-refractivity contribution in [2.45, 2.75) is 27.0 Å². The van der Waals surface area contributed by atoms with Gasteiger partial charge in [-0.2, -0.15) is 0 Å². The lowest BCUT2D eigenvalue weighted by Gasteiger charge is -2.10. The lowest BCUT2D eigenvalue weighted by molar-refractivity contribution is -0.125. The Balaban J connectivity index is 1.79. The van der Waals surface area contributed by atoms with Crippen LogP contribution in [0, 0.1) is 5.92 Å². The average Bonchev–Trinajstić information content (AvgIpc) is 2.54. The van der Waals surface area contributed by atoms with Crippen molar-refractivity contribution in [2.75, 3.05) is 0 Å². The van der Waals surface area contributed by atoms with E-state index in [-0.39, 0.29) is 11.8 Å². The van der Waals surface area contributed by atoms with Crippen molar-refractivity contribution >= 4 is 21.8 Å². The molecule has 0 atom stereocenters. The van der Waals surface area contributed by atoms with Gasteiger partial charge >= 0.3 is 0 Å². The normalized spacial score (nSPS) is 10.6. The van der Waals surface area contributed by atoms with Crippen molar-refractivity contribution in [3.8, 4) is 5.75 Å². The molecule has 2 rings (SSSR count). The molecule has 5 heteroatoms. The number of ether oxygens (including phenoxy) is 1. The monoisotopic (exact) mass is 376 g/mol. The Morgan fingerprint density at radius 2 is 1.87 bits per heavy atom. The van der Waals surface area contributed by atoms with E-state index in [1.165, 1.54) is 0 Å². The van der Waals surface area contributed by atoms with Crippen LogP contribution >= 0.6 is 15.9 Å². The summed E-state index contributed by atoms with van der Waals surface area (Å²) in [6.07, 6.45) is 0. The molecule has 0 aliphatic heterocycles. The molecule has 4 nitrogen and oxygen atoms in total. The number of nitrogens with one attached hydrogen (secondary N) is 2. The SMILES string of the molecule is CC(C)C(=O)NNCc1ccc(OCc2cccc(Br)c2)cc1. The third kappa shape index (κ3) is 6.04. The first kappa shape index (κ1) is 17.5. The summed E-state index contributed by atoms with van der Waals surface area (Å²) in [4.78, 5) is 11.4. The first-order valence-corrected chi connectivity index (χ1v) is 8.33. The van der Waals surface area contributed by atoms with Gasteiger partial charge in [-0.15, -0.1) is 0 Å². The molecule has 0 aliphatic rings. The van der Waals surface area contributed by atoms with Crippen molar-refractivity contribution in [3.63, 3.8) is 0 Å². The highest BCUT2D eigenvalue weighted by Crippen LogP contribution is 2.16. The van der Waals surface area contributed by atoms with E-state index < -0.39 is 0 Å². The van der Waals surface area contributed by atoms with E-state index >= 15 is 0 Å². The predicted molar refractivity (Wildman–Crippen MR) is 94.7 cm³/mol. The third-order valence-corrected chi connectivity index (χ3v) is 3.74. The second-order valence-electron chi connectivity index (χ2n) is 5.56. The van der Waals surface area contributed by atoms with E-state index in [4.69, 9.17) is 4.74 Å². The summed E-state index contributed by atoms with van der Waals surface area (Å²) in [5.41, 5.74) is 7.78. The van der Waals surface area contributed by atoms with Crippen LogP contribution in [-0.2, 0) is 17.9 Å². The van der Waals surface area contributed by atoms with Gasteiger partial charge in [0.25, 0.3) is 0 Å². The lowest BCUT2D eigenvalue weighted by atomic mass is 10.2. The van der Waals surface area contributed by atoms with Gasteiger partial charge in [-0.3, -0.25) is 10.2 Å². The molecule has 1 amide bonds. The molecule has 2 aromatic carbocycles. The topological polar surface area (TPSA) is 50.4 Å². The predicted octanol–water partition coefficient (Wildman–Crippen LogP) is 3.80. The van der Waals surface area contributed by atoms with Crippen LogP contribution in [0.3, 0.4) is 0 Å². The van der Waals surface area contributed by atoms with E-state index in [1.54, 1.807) is 0 Å². The highest BCUT2D eigenvalue weighted by Gasteiger charge is 2.05. The molecule has 0 aromatic heterocycles. The summed E-state index contributed by atoms with van der Waals surface area (Å²) in [6, 6.07) is 15.9. The maximum Gasteiger partial charge on any atom is 0.236 e. The van der Waals surface area contributed by atoms with Gasteiger partial charge in [0.05, 0.1) is 0 Å².